The van der Waals surface area contributed by atoms with Crippen molar-refractivity contribution in [2.24, 2.45) is 11.1 Å². The standard InChI is InChI=1S/C15H26N2O2/c1-9-8-12(11(3)19-9)10(2)17-13(18)14(4,5)15(6,7)16/h8,10H,16H2,1-7H3,(H,17,18). The van der Waals surface area contributed by atoms with Gasteiger partial charge in [-0.3, -0.25) is 4.79 Å². The van der Waals surface area contributed by atoms with Gasteiger partial charge in [0.25, 0.3) is 0 Å². The van der Waals surface area contributed by atoms with Crippen LogP contribution in [0.25, 0.3) is 0 Å². The van der Waals surface area contributed by atoms with E-state index in [1.807, 2.05) is 54.5 Å². The molecule has 0 saturated heterocycles. The van der Waals surface area contributed by atoms with Crippen molar-refractivity contribution < 1.29 is 9.21 Å². The number of hydrogen-bond donors (Lipinski definition) is 2. The lowest BCUT2D eigenvalue weighted by atomic mass is 9.74. The van der Waals surface area contributed by atoms with Crippen molar-refractivity contribution in [3.63, 3.8) is 0 Å². The van der Waals surface area contributed by atoms with Crippen LogP contribution in [-0.2, 0) is 4.79 Å². The Hall–Kier alpha value is -1.29. The molecule has 0 aromatic carbocycles. The second kappa shape index (κ2) is 5.00. The lowest BCUT2D eigenvalue weighted by Crippen LogP contribution is -2.55. The summed E-state index contributed by atoms with van der Waals surface area (Å²) in [7, 11) is 0. The van der Waals surface area contributed by atoms with Gasteiger partial charge >= 0.3 is 0 Å². The smallest absolute Gasteiger partial charge is 0.227 e. The molecule has 19 heavy (non-hydrogen) atoms. The first-order chi connectivity index (χ1) is 8.46. The van der Waals surface area contributed by atoms with Crippen LogP contribution in [0.2, 0.25) is 0 Å². The predicted octanol–water partition coefficient (Wildman–Crippen LogP) is 2.84. The molecule has 0 bridgehead atoms. The molecule has 4 nitrogen and oxygen atoms in total. The second-order valence-electron chi connectivity index (χ2n) is 6.41. The zero-order chi connectivity index (χ0) is 15.0. The molecule has 0 fully saturated rings. The topological polar surface area (TPSA) is 68.3 Å². The Morgan fingerprint density at radius 2 is 1.84 bits per heavy atom. The molecule has 108 valence electrons. The van der Waals surface area contributed by atoms with Crippen molar-refractivity contribution >= 4 is 5.91 Å². The number of furan rings is 1. The SMILES string of the molecule is Cc1cc(C(C)NC(=O)C(C)(C)C(C)(C)N)c(C)o1. The van der Waals surface area contributed by atoms with E-state index in [-0.39, 0.29) is 11.9 Å². The maximum absolute atomic E-state index is 12.4. The van der Waals surface area contributed by atoms with Gasteiger partial charge in [-0.05, 0) is 54.5 Å². The Morgan fingerprint density at radius 3 is 2.21 bits per heavy atom. The largest absolute Gasteiger partial charge is 0.466 e. The lowest BCUT2D eigenvalue weighted by Gasteiger charge is -2.37. The minimum atomic E-state index is -0.645. The van der Waals surface area contributed by atoms with Crippen LogP contribution in [0.5, 0.6) is 0 Å². The summed E-state index contributed by atoms with van der Waals surface area (Å²) >= 11 is 0. The van der Waals surface area contributed by atoms with Crippen molar-refractivity contribution in [2.75, 3.05) is 0 Å². The Balaban J connectivity index is 2.86. The van der Waals surface area contributed by atoms with Crippen LogP contribution in [0.4, 0.5) is 0 Å². The molecule has 1 atom stereocenters. The monoisotopic (exact) mass is 266 g/mol. The number of hydrogen-bond acceptors (Lipinski definition) is 3. The van der Waals surface area contributed by atoms with Gasteiger partial charge in [0.1, 0.15) is 11.5 Å². The van der Waals surface area contributed by atoms with Gasteiger partial charge in [0.2, 0.25) is 5.91 Å². The number of aryl methyl sites for hydroxylation is 2. The molecule has 1 heterocycles. The van der Waals surface area contributed by atoms with E-state index in [1.165, 1.54) is 0 Å². The highest BCUT2D eigenvalue weighted by molar-refractivity contribution is 5.83. The molecule has 0 aliphatic heterocycles. The normalized spacial score (nSPS) is 14.3. The number of carbonyl (C=O) groups is 1. The first kappa shape index (κ1) is 15.8. The fourth-order valence-corrected chi connectivity index (χ4v) is 1.83. The first-order valence-electron chi connectivity index (χ1n) is 6.63. The van der Waals surface area contributed by atoms with Crippen LogP contribution in [-0.4, -0.2) is 11.4 Å². The van der Waals surface area contributed by atoms with E-state index in [4.69, 9.17) is 10.2 Å². The maximum atomic E-state index is 12.4. The predicted molar refractivity (Wildman–Crippen MR) is 76.8 cm³/mol. The van der Waals surface area contributed by atoms with E-state index in [1.54, 1.807) is 0 Å². The summed E-state index contributed by atoms with van der Waals surface area (Å²) in [5, 5.41) is 3.02. The minimum Gasteiger partial charge on any atom is -0.466 e. The van der Waals surface area contributed by atoms with Gasteiger partial charge in [-0.15, -0.1) is 0 Å². The van der Waals surface area contributed by atoms with Crippen molar-refractivity contribution in [2.45, 2.75) is 60.0 Å². The second-order valence-corrected chi connectivity index (χ2v) is 6.41. The summed E-state index contributed by atoms with van der Waals surface area (Å²) in [5.74, 6) is 1.65. The van der Waals surface area contributed by atoms with E-state index in [9.17, 15) is 4.79 Å². The summed E-state index contributed by atoms with van der Waals surface area (Å²) in [4.78, 5) is 12.4. The van der Waals surface area contributed by atoms with Crippen molar-refractivity contribution in [1.82, 2.24) is 5.32 Å². The molecule has 3 N–H and O–H groups in total. The Labute approximate surface area is 115 Å². The summed E-state index contributed by atoms with van der Waals surface area (Å²) < 4.78 is 5.49. The number of amides is 1. The van der Waals surface area contributed by atoms with Gasteiger partial charge in [0, 0.05) is 11.1 Å². The van der Waals surface area contributed by atoms with Crippen molar-refractivity contribution in [3.8, 4) is 0 Å². The molecule has 0 aliphatic carbocycles. The maximum Gasteiger partial charge on any atom is 0.227 e. The molecule has 0 spiro atoms. The van der Waals surface area contributed by atoms with Crippen molar-refractivity contribution in [3.05, 3.63) is 23.2 Å². The Morgan fingerprint density at radius 1 is 1.32 bits per heavy atom. The molecule has 0 aliphatic rings. The van der Waals surface area contributed by atoms with Crippen molar-refractivity contribution in [1.29, 1.82) is 0 Å². The average molecular weight is 266 g/mol. The first-order valence-corrected chi connectivity index (χ1v) is 6.63. The van der Waals surface area contributed by atoms with Gasteiger partial charge < -0.3 is 15.5 Å². The summed E-state index contributed by atoms with van der Waals surface area (Å²) in [6.45, 7) is 13.2. The zero-order valence-electron chi connectivity index (χ0n) is 13.0. The van der Waals surface area contributed by atoms with Crippen LogP contribution >= 0.6 is 0 Å². The molecule has 1 aromatic heterocycles. The highest BCUT2D eigenvalue weighted by atomic mass is 16.3. The van der Waals surface area contributed by atoms with Crippen LogP contribution in [0.1, 0.15) is 57.7 Å². The average Bonchev–Trinajstić information content (AvgIpc) is 2.55. The third-order valence-corrected chi connectivity index (χ3v) is 4.07. The quantitative estimate of drug-likeness (QED) is 0.880. The van der Waals surface area contributed by atoms with E-state index in [2.05, 4.69) is 5.32 Å². The molecule has 1 rings (SSSR count). The summed E-state index contributed by atoms with van der Waals surface area (Å²) in [6, 6.07) is 1.87. The third-order valence-electron chi connectivity index (χ3n) is 4.07. The van der Waals surface area contributed by atoms with Gasteiger partial charge in [-0.1, -0.05) is 0 Å². The Bertz CT molecular complexity index is 467. The molecule has 1 unspecified atom stereocenters. The summed E-state index contributed by atoms with van der Waals surface area (Å²) in [5.41, 5.74) is 5.86. The molecular formula is C15H26N2O2. The van der Waals surface area contributed by atoms with Gasteiger partial charge in [-0.2, -0.15) is 0 Å². The zero-order valence-corrected chi connectivity index (χ0v) is 13.0. The molecule has 0 saturated carbocycles. The van der Waals surface area contributed by atoms with Crippen LogP contribution in [0.15, 0.2) is 10.5 Å². The van der Waals surface area contributed by atoms with E-state index >= 15 is 0 Å². The van der Waals surface area contributed by atoms with Gasteiger partial charge in [0.05, 0.1) is 11.5 Å². The van der Waals surface area contributed by atoms with E-state index < -0.39 is 11.0 Å². The van der Waals surface area contributed by atoms with Crippen LogP contribution in [0.3, 0.4) is 0 Å². The number of rotatable bonds is 4. The molecule has 1 aromatic rings. The highest BCUT2D eigenvalue weighted by Crippen LogP contribution is 2.30. The lowest BCUT2D eigenvalue weighted by molar-refractivity contribution is -0.132. The number of nitrogens with two attached hydrogens (primary N) is 1. The van der Waals surface area contributed by atoms with Crippen LogP contribution < -0.4 is 11.1 Å². The molecule has 1 amide bonds. The van der Waals surface area contributed by atoms with Gasteiger partial charge in [0.15, 0.2) is 0 Å². The fraction of sp³-hybridized carbons (Fsp3) is 0.667. The Kier molecular flexibility index (Phi) is 4.15. The summed E-state index contributed by atoms with van der Waals surface area (Å²) in [6.07, 6.45) is 0. The van der Waals surface area contributed by atoms with Gasteiger partial charge in [-0.25, -0.2) is 0 Å². The molecular weight excluding hydrogens is 240 g/mol. The third kappa shape index (κ3) is 3.18. The van der Waals surface area contributed by atoms with Crippen LogP contribution in [0, 0.1) is 19.3 Å². The van der Waals surface area contributed by atoms with E-state index in [0.29, 0.717) is 0 Å². The minimum absolute atomic E-state index is 0.0502. The van der Waals surface area contributed by atoms with E-state index in [0.717, 1.165) is 17.1 Å². The number of carbonyl (C=O) groups excluding carboxylic acids is 1. The highest BCUT2D eigenvalue weighted by Gasteiger charge is 2.40. The molecule has 4 heteroatoms. The number of nitrogens with one attached hydrogen (secondary N) is 1. The fourth-order valence-electron chi connectivity index (χ4n) is 1.83. The molecule has 0 radical (unpaired) electrons.